The fourth-order valence-corrected chi connectivity index (χ4v) is 2.96. The molecule has 26 heavy (non-hydrogen) atoms. The van der Waals surface area contributed by atoms with Crippen molar-refractivity contribution in [2.75, 3.05) is 5.73 Å². The van der Waals surface area contributed by atoms with Crippen molar-refractivity contribution >= 4 is 34.6 Å². The SMILES string of the molecule is Nc1cc(Cl)ccc1C(=O)OCc1csc(COc2ccc(F)cc2)n1. The van der Waals surface area contributed by atoms with E-state index in [1.165, 1.54) is 35.6 Å². The first-order valence-electron chi connectivity index (χ1n) is 7.55. The Labute approximate surface area is 158 Å². The van der Waals surface area contributed by atoms with Gasteiger partial charge in [0.2, 0.25) is 0 Å². The third-order valence-electron chi connectivity index (χ3n) is 3.36. The van der Waals surface area contributed by atoms with Crippen LogP contribution in [0, 0.1) is 5.82 Å². The lowest BCUT2D eigenvalue weighted by atomic mass is 10.2. The number of nitrogens with zero attached hydrogens (tertiary/aromatic N) is 1. The van der Waals surface area contributed by atoms with Gasteiger partial charge in [-0.15, -0.1) is 11.3 Å². The number of rotatable bonds is 6. The van der Waals surface area contributed by atoms with Crippen molar-refractivity contribution in [2.24, 2.45) is 0 Å². The molecule has 134 valence electrons. The zero-order valence-corrected chi connectivity index (χ0v) is 15.0. The summed E-state index contributed by atoms with van der Waals surface area (Å²) in [4.78, 5) is 16.4. The van der Waals surface area contributed by atoms with Crippen molar-refractivity contribution in [3.63, 3.8) is 0 Å². The van der Waals surface area contributed by atoms with Crippen molar-refractivity contribution in [2.45, 2.75) is 13.2 Å². The standard InChI is InChI=1S/C18H14ClFN2O3S/c19-11-1-6-15(16(21)7-11)18(23)25-8-13-10-26-17(22-13)9-24-14-4-2-12(20)3-5-14/h1-7,10H,8-9,21H2. The number of nitrogens with two attached hydrogens (primary N) is 1. The van der Waals surface area contributed by atoms with Crippen molar-refractivity contribution < 1.29 is 18.7 Å². The first-order chi connectivity index (χ1) is 12.5. The fourth-order valence-electron chi connectivity index (χ4n) is 2.09. The van der Waals surface area contributed by atoms with Crippen LogP contribution in [-0.4, -0.2) is 11.0 Å². The summed E-state index contributed by atoms with van der Waals surface area (Å²) in [5.41, 5.74) is 6.88. The minimum absolute atomic E-state index is 0.0218. The molecule has 0 saturated carbocycles. The van der Waals surface area contributed by atoms with E-state index in [1.54, 1.807) is 23.6 Å². The summed E-state index contributed by atoms with van der Waals surface area (Å²) in [6, 6.07) is 10.3. The van der Waals surface area contributed by atoms with Crippen LogP contribution >= 0.6 is 22.9 Å². The Morgan fingerprint density at radius 3 is 2.69 bits per heavy atom. The Kier molecular flexibility index (Phi) is 5.70. The summed E-state index contributed by atoms with van der Waals surface area (Å²) in [6.07, 6.45) is 0. The molecule has 1 aromatic heterocycles. The second-order valence-corrected chi connectivity index (χ2v) is 6.66. The van der Waals surface area contributed by atoms with Crippen LogP contribution < -0.4 is 10.5 Å². The highest BCUT2D eigenvalue weighted by Gasteiger charge is 2.13. The summed E-state index contributed by atoms with van der Waals surface area (Å²) in [6.45, 7) is 0.266. The molecule has 0 saturated heterocycles. The maximum absolute atomic E-state index is 12.8. The molecule has 0 aliphatic heterocycles. The van der Waals surface area contributed by atoms with Gasteiger partial charge in [-0.2, -0.15) is 0 Å². The van der Waals surface area contributed by atoms with Gasteiger partial charge in [0.25, 0.3) is 0 Å². The number of ether oxygens (including phenoxy) is 2. The van der Waals surface area contributed by atoms with Crippen LogP contribution in [-0.2, 0) is 18.0 Å². The van der Waals surface area contributed by atoms with E-state index in [4.69, 9.17) is 26.8 Å². The van der Waals surface area contributed by atoms with E-state index in [2.05, 4.69) is 4.98 Å². The van der Waals surface area contributed by atoms with Gasteiger partial charge in [-0.05, 0) is 42.5 Å². The molecule has 3 rings (SSSR count). The van der Waals surface area contributed by atoms with Gasteiger partial charge in [-0.25, -0.2) is 14.2 Å². The van der Waals surface area contributed by atoms with Crippen molar-refractivity contribution in [1.82, 2.24) is 4.98 Å². The number of aromatic nitrogens is 1. The lowest BCUT2D eigenvalue weighted by molar-refractivity contribution is 0.0469. The first kappa shape index (κ1) is 18.2. The molecule has 0 radical (unpaired) electrons. The Balaban J connectivity index is 1.53. The highest BCUT2D eigenvalue weighted by atomic mass is 35.5. The van der Waals surface area contributed by atoms with Gasteiger partial charge < -0.3 is 15.2 Å². The lowest BCUT2D eigenvalue weighted by Gasteiger charge is -2.06. The van der Waals surface area contributed by atoms with E-state index < -0.39 is 5.97 Å². The van der Waals surface area contributed by atoms with Crippen LogP contribution in [0.1, 0.15) is 21.1 Å². The Hall–Kier alpha value is -2.64. The Bertz CT molecular complexity index is 915. The monoisotopic (exact) mass is 392 g/mol. The van der Waals surface area contributed by atoms with E-state index in [-0.39, 0.29) is 30.3 Å². The third-order valence-corrected chi connectivity index (χ3v) is 4.47. The second-order valence-electron chi connectivity index (χ2n) is 5.28. The van der Waals surface area contributed by atoms with Gasteiger partial charge in [0.05, 0.1) is 11.3 Å². The third kappa shape index (κ3) is 4.71. The average Bonchev–Trinajstić information content (AvgIpc) is 3.07. The van der Waals surface area contributed by atoms with Crippen molar-refractivity contribution in [1.29, 1.82) is 0 Å². The first-order valence-corrected chi connectivity index (χ1v) is 8.81. The zero-order valence-electron chi connectivity index (χ0n) is 13.4. The maximum Gasteiger partial charge on any atom is 0.340 e. The number of nitrogen functional groups attached to an aromatic ring is 1. The molecule has 1 heterocycles. The molecule has 0 aliphatic carbocycles. The van der Waals surface area contributed by atoms with E-state index >= 15 is 0 Å². The van der Waals surface area contributed by atoms with Crippen LogP contribution in [0.15, 0.2) is 47.8 Å². The molecule has 0 bridgehead atoms. The predicted octanol–water partition coefficient (Wildman–Crippen LogP) is 4.45. The van der Waals surface area contributed by atoms with E-state index in [0.717, 1.165) is 0 Å². The molecule has 0 fully saturated rings. The molecule has 0 amide bonds. The van der Waals surface area contributed by atoms with E-state index in [1.807, 2.05) is 0 Å². The number of benzene rings is 2. The summed E-state index contributed by atoms with van der Waals surface area (Å²) in [5, 5.41) is 2.94. The highest BCUT2D eigenvalue weighted by molar-refractivity contribution is 7.09. The molecule has 0 aliphatic rings. The molecule has 5 nitrogen and oxygen atoms in total. The number of esters is 1. The van der Waals surface area contributed by atoms with Gasteiger partial charge in [-0.1, -0.05) is 11.6 Å². The predicted molar refractivity (Wildman–Crippen MR) is 97.8 cm³/mol. The van der Waals surface area contributed by atoms with E-state index in [9.17, 15) is 9.18 Å². The number of thiazole rings is 1. The van der Waals surface area contributed by atoms with Crippen molar-refractivity contribution in [3.05, 3.63) is 74.9 Å². The van der Waals surface area contributed by atoms with Crippen molar-refractivity contribution in [3.8, 4) is 5.75 Å². The van der Waals surface area contributed by atoms with E-state index in [0.29, 0.717) is 21.5 Å². The minimum Gasteiger partial charge on any atom is -0.486 e. The van der Waals surface area contributed by atoms with Crippen LogP contribution in [0.25, 0.3) is 0 Å². The molecule has 0 unspecified atom stereocenters. The van der Waals surface area contributed by atoms with Crippen LogP contribution in [0.4, 0.5) is 10.1 Å². The number of hydrogen-bond acceptors (Lipinski definition) is 6. The summed E-state index contributed by atoms with van der Waals surface area (Å²) in [7, 11) is 0. The van der Waals surface area contributed by atoms with Gasteiger partial charge in [-0.3, -0.25) is 0 Å². The van der Waals surface area contributed by atoms with Crippen LogP contribution in [0.3, 0.4) is 0 Å². The van der Waals surface area contributed by atoms with Gasteiger partial charge in [0.1, 0.15) is 29.8 Å². The molecule has 8 heteroatoms. The second kappa shape index (κ2) is 8.16. The molecule has 0 atom stereocenters. The average molecular weight is 393 g/mol. The van der Waals surface area contributed by atoms with Gasteiger partial charge >= 0.3 is 5.97 Å². The topological polar surface area (TPSA) is 74.4 Å². The summed E-state index contributed by atoms with van der Waals surface area (Å²) >= 11 is 7.19. The van der Waals surface area contributed by atoms with Gasteiger partial charge in [0, 0.05) is 16.1 Å². The van der Waals surface area contributed by atoms with Gasteiger partial charge in [0.15, 0.2) is 0 Å². The number of halogens is 2. The number of carbonyl (C=O) groups is 1. The molecular formula is C18H14ClFN2O3S. The van der Waals surface area contributed by atoms with Crippen LogP contribution in [0.2, 0.25) is 5.02 Å². The summed E-state index contributed by atoms with van der Waals surface area (Å²) in [5.74, 6) is -0.318. The van der Waals surface area contributed by atoms with Crippen LogP contribution in [0.5, 0.6) is 5.75 Å². The number of anilines is 1. The Morgan fingerprint density at radius 2 is 1.96 bits per heavy atom. The smallest absolute Gasteiger partial charge is 0.340 e. The largest absolute Gasteiger partial charge is 0.486 e. The lowest BCUT2D eigenvalue weighted by Crippen LogP contribution is -2.08. The number of carbonyl (C=O) groups excluding carboxylic acids is 1. The fraction of sp³-hybridized carbons (Fsp3) is 0.111. The highest BCUT2D eigenvalue weighted by Crippen LogP contribution is 2.20. The number of hydrogen-bond donors (Lipinski definition) is 1. The maximum atomic E-state index is 12.8. The molecule has 2 aromatic carbocycles. The molecule has 3 aromatic rings. The molecular weight excluding hydrogens is 379 g/mol. The quantitative estimate of drug-likeness (QED) is 0.495. The zero-order chi connectivity index (χ0) is 18.5. The normalized spacial score (nSPS) is 10.5. The summed E-state index contributed by atoms with van der Waals surface area (Å²) < 4.78 is 23.6. The minimum atomic E-state index is -0.545. The Morgan fingerprint density at radius 1 is 1.19 bits per heavy atom. The molecule has 0 spiro atoms. The molecule has 2 N–H and O–H groups in total.